The summed E-state index contributed by atoms with van der Waals surface area (Å²) in [6, 6.07) is 0. The second kappa shape index (κ2) is 12.6. The van der Waals surface area contributed by atoms with Crippen molar-refractivity contribution in [1.29, 1.82) is 0 Å². The van der Waals surface area contributed by atoms with E-state index < -0.39 is 0 Å². The van der Waals surface area contributed by atoms with Crippen LogP contribution in [0.25, 0.3) is 11.0 Å². The van der Waals surface area contributed by atoms with Crippen LogP contribution in [0.5, 0.6) is 0 Å². The van der Waals surface area contributed by atoms with Crippen LogP contribution in [0.2, 0.25) is 0 Å². The number of nitrogens with one attached hydrogen (secondary N) is 1. The van der Waals surface area contributed by atoms with Gasteiger partial charge in [-0.15, -0.1) is 0 Å². The van der Waals surface area contributed by atoms with Crippen molar-refractivity contribution in [2.24, 2.45) is 0 Å². The fourth-order valence-corrected chi connectivity index (χ4v) is 3.45. The van der Waals surface area contributed by atoms with Gasteiger partial charge in [0.15, 0.2) is 5.65 Å². The molecule has 0 radical (unpaired) electrons. The summed E-state index contributed by atoms with van der Waals surface area (Å²) in [4.78, 5) is 19.4. The third kappa shape index (κ3) is 8.07. The number of H-pyrrole nitrogens is 1. The Balaban J connectivity index is 1.37. The SMILES string of the molecule is CC(=O)CCCCCCCCCCCCCCc1ncnc2[nH]ncc12. The van der Waals surface area contributed by atoms with Crippen LogP contribution >= 0.6 is 0 Å². The lowest BCUT2D eigenvalue weighted by Crippen LogP contribution is -1.93. The molecule has 0 aliphatic carbocycles. The first-order chi connectivity index (χ1) is 12.8. The number of rotatable bonds is 15. The minimum atomic E-state index is 0.330. The fourth-order valence-electron chi connectivity index (χ4n) is 3.45. The molecule has 0 unspecified atom stereocenters. The number of ketones is 1. The van der Waals surface area contributed by atoms with Crippen molar-refractivity contribution in [1.82, 2.24) is 20.2 Å². The molecule has 26 heavy (non-hydrogen) atoms. The summed E-state index contributed by atoms with van der Waals surface area (Å²) in [5.74, 6) is 0.330. The summed E-state index contributed by atoms with van der Waals surface area (Å²) in [5, 5.41) is 8.00. The lowest BCUT2D eigenvalue weighted by atomic mass is 10.0. The number of aryl methyl sites for hydroxylation is 1. The number of nitrogens with zero attached hydrogens (tertiary/aromatic N) is 3. The zero-order chi connectivity index (χ0) is 18.5. The average Bonchev–Trinajstić information content (AvgIpc) is 3.11. The van der Waals surface area contributed by atoms with Gasteiger partial charge in [0.2, 0.25) is 0 Å². The number of Topliss-reactive ketones (excluding diaryl/α,β-unsaturated/α-hetero) is 1. The fraction of sp³-hybridized carbons (Fsp3) is 0.714. The van der Waals surface area contributed by atoms with E-state index in [4.69, 9.17) is 0 Å². The van der Waals surface area contributed by atoms with Crippen LogP contribution in [0.1, 0.15) is 96.1 Å². The molecule has 2 aromatic heterocycles. The van der Waals surface area contributed by atoms with Gasteiger partial charge in [-0.25, -0.2) is 9.97 Å². The first kappa shape index (κ1) is 20.5. The maximum absolute atomic E-state index is 10.8. The summed E-state index contributed by atoms with van der Waals surface area (Å²) < 4.78 is 0. The van der Waals surface area contributed by atoms with Gasteiger partial charge in [0.25, 0.3) is 0 Å². The van der Waals surface area contributed by atoms with E-state index >= 15 is 0 Å². The monoisotopic (exact) mass is 358 g/mol. The van der Waals surface area contributed by atoms with Gasteiger partial charge >= 0.3 is 0 Å². The lowest BCUT2D eigenvalue weighted by molar-refractivity contribution is -0.117. The molecule has 0 fully saturated rings. The number of hydrogen-bond acceptors (Lipinski definition) is 4. The standard InChI is InChI=1S/C21H34N4O/c1-18(26)14-12-10-8-6-4-2-3-5-7-9-11-13-15-20-19-16-24-25-21(19)23-17-22-20/h16-17H,2-15H2,1H3,(H,22,23,24,25). The molecule has 2 heterocycles. The summed E-state index contributed by atoms with van der Waals surface area (Å²) in [5.41, 5.74) is 1.96. The van der Waals surface area contributed by atoms with Crippen molar-refractivity contribution in [2.75, 3.05) is 0 Å². The topological polar surface area (TPSA) is 71.5 Å². The van der Waals surface area contributed by atoms with Crippen LogP contribution in [0.3, 0.4) is 0 Å². The Labute approximate surface area is 157 Å². The molecule has 0 spiro atoms. The summed E-state index contributed by atoms with van der Waals surface area (Å²) in [7, 11) is 0. The average molecular weight is 359 g/mol. The molecule has 0 aliphatic heterocycles. The Morgan fingerprint density at radius 1 is 0.846 bits per heavy atom. The van der Waals surface area contributed by atoms with E-state index in [1.807, 2.05) is 6.20 Å². The third-order valence-corrected chi connectivity index (χ3v) is 5.02. The molecule has 5 heteroatoms. The number of carbonyl (C=O) groups is 1. The number of hydrogen-bond donors (Lipinski definition) is 1. The molecule has 1 N–H and O–H groups in total. The number of carbonyl (C=O) groups excluding carboxylic acids is 1. The molecule has 2 aromatic rings. The number of unbranched alkanes of at least 4 members (excludes halogenated alkanes) is 11. The van der Waals surface area contributed by atoms with E-state index in [9.17, 15) is 4.79 Å². The number of fused-ring (bicyclic) bond motifs is 1. The predicted molar refractivity (Wildman–Crippen MR) is 106 cm³/mol. The quantitative estimate of drug-likeness (QED) is 0.423. The molecule has 5 nitrogen and oxygen atoms in total. The first-order valence-electron chi connectivity index (χ1n) is 10.4. The molecular weight excluding hydrogens is 324 g/mol. The van der Waals surface area contributed by atoms with E-state index in [1.54, 1.807) is 13.3 Å². The van der Waals surface area contributed by atoms with Crippen LogP contribution in [-0.2, 0) is 11.2 Å². The van der Waals surface area contributed by atoms with Crippen molar-refractivity contribution in [3.05, 3.63) is 18.2 Å². The number of aromatic nitrogens is 4. The van der Waals surface area contributed by atoms with Crippen LogP contribution in [0.15, 0.2) is 12.5 Å². The second-order valence-corrected chi connectivity index (χ2v) is 7.40. The molecule has 0 saturated heterocycles. The molecule has 0 amide bonds. The maximum Gasteiger partial charge on any atom is 0.158 e. The van der Waals surface area contributed by atoms with Gasteiger partial charge < -0.3 is 4.79 Å². The molecule has 0 atom stereocenters. The summed E-state index contributed by atoms with van der Waals surface area (Å²) in [6.45, 7) is 1.69. The Morgan fingerprint density at radius 2 is 1.42 bits per heavy atom. The van der Waals surface area contributed by atoms with Crippen LogP contribution in [0, 0.1) is 0 Å². The molecule has 0 aliphatic rings. The van der Waals surface area contributed by atoms with E-state index in [0.29, 0.717) is 5.78 Å². The van der Waals surface area contributed by atoms with Crippen molar-refractivity contribution >= 4 is 16.8 Å². The van der Waals surface area contributed by atoms with E-state index in [-0.39, 0.29) is 0 Å². The zero-order valence-corrected chi connectivity index (χ0v) is 16.3. The van der Waals surface area contributed by atoms with Crippen molar-refractivity contribution in [3.63, 3.8) is 0 Å². The van der Waals surface area contributed by atoms with Gasteiger partial charge in [0, 0.05) is 6.42 Å². The summed E-state index contributed by atoms with van der Waals surface area (Å²) in [6.07, 6.45) is 20.8. The Kier molecular flexibility index (Phi) is 9.91. The van der Waals surface area contributed by atoms with Gasteiger partial charge in [-0.1, -0.05) is 64.2 Å². The zero-order valence-electron chi connectivity index (χ0n) is 16.3. The third-order valence-electron chi connectivity index (χ3n) is 5.02. The Hall–Kier alpha value is -1.78. The minimum absolute atomic E-state index is 0.330. The first-order valence-corrected chi connectivity index (χ1v) is 10.4. The Morgan fingerprint density at radius 3 is 2.04 bits per heavy atom. The molecule has 144 valence electrons. The molecular formula is C21H34N4O. The van der Waals surface area contributed by atoms with Gasteiger partial charge in [0.05, 0.1) is 17.3 Å². The van der Waals surface area contributed by atoms with E-state index in [0.717, 1.165) is 36.0 Å². The molecule has 2 rings (SSSR count). The van der Waals surface area contributed by atoms with Gasteiger partial charge in [-0.3, -0.25) is 5.10 Å². The minimum Gasteiger partial charge on any atom is -0.300 e. The second-order valence-electron chi connectivity index (χ2n) is 7.40. The lowest BCUT2D eigenvalue weighted by Gasteiger charge is -2.04. The highest BCUT2D eigenvalue weighted by atomic mass is 16.1. The Bertz CT molecular complexity index is 638. The van der Waals surface area contributed by atoms with E-state index in [1.165, 1.54) is 70.6 Å². The van der Waals surface area contributed by atoms with Gasteiger partial charge in [-0.2, -0.15) is 5.10 Å². The maximum atomic E-state index is 10.8. The van der Waals surface area contributed by atoms with Crippen LogP contribution in [0.4, 0.5) is 0 Å². The normalized spacial score (nSPS) is 11.3. The highest BCUT2D eigenvalue weighted by Crippen LogP contribution is 2.16. The van der Waals surface area contributed by atoms with Gasteiger partial charge in [0.1, 0.15) is 12.1 Å². The van der Waals surface area contributed by atoms with Gasteiger partial charge in [-0.05, 0) is 26.2 Å². The highest BCUT2D eigenvalue weighted by molar-refractivity contribution is 5.76. The highest BCUT2D eigenvalue weighted by Gasteiger charge is 2.04. The predicted octanol–water partition coefficient (Wildman–Crippen LogP) is 5.56. The van der Waals surface area contributed by atoms with Crippen LogP contribution in [-0.4, -0.2) is 25.9 Å². The largest absolute Gasteiger partial charge is 0.300 e. The molecule has 0 aromatic carbocycles. The van der Waals surface area contributed by atoms with Crippen LogP contribution < -0.4 is 0 Å². The van der Waals surface area contributed by atoms with Crippen molar-refractivity contribution in [3.8, 4) is 0 Å². The number of aromatic amines is 1. The van der Waals surface area contributed by atoms with Crippen molar-refractivity contribution < 1.29 is 4.79 Å². The van der Waals surface area contributed by atoms with E-state index in [2.05, 4.69) is 20.2 Å². The van der Waals surface area contributed by atoms with Crippen molar-refractivity contribution in [2.45, 2.75) is 96.8 Å². The smallest absolute Gasteiger partial charge is 0.158 e. The molecule has 0 saturated carbocycles. The molecule has 0 bridgehead atoms. The summed E-state index contributed by atoms with van der Waals surface area (Å²) >= 11 is 0.